The van der Waals surface area contributed by atoms with Crippen LogP contribution in [0, 0.1) is 0 Å². The molecule has 0 spiro atoms. The highest BCUT2D eigenvalue weighted by Gasteiger charge is 2.23. The van der Waals surface area contributed by atoms with Crippen molar-refractivity contribution in [2.75, 3.05) is 27.2 Å². The summed E-state index contributed by atoms with van der Waals surface area (Å²) in [4.78, 5) is 14.1. The molecule has 0 aliphatic carbocycles. The number of likely N-dealkylation sites (N-methyl/N-ethyl adjacent to an activating group) is 1. The first-order valence-electron chi connectivity index (χ1n) is 6.77. The maximum Gasteiger partial charge on any atom is 0.361 e. The van der Waals surface area contributed by atoms with Gasteiger partial charge in [-0.1, -0.05) is 5.21 Å². The first kappa shape index (κ1) is 15.2. The van der Waals surface area contributed by atoms with Crippen molar-refractivity contribution in [3.63, 3.8) is 0 Å². The van der Waals surface area contributed by atoms with Gasteiger partial charge >= 0.3 is 5.97 Å². The Hall–Kier alpha value is -2.22. The van der Waals surface area contributed by atoms with E-state index in [2.05, 4.69) is 15.4 Å². The first-order chi connectivity index (χ1) is 10.0. The molecule has 2 aromatic rings. The van der Waals surface area contributed by atoms with Crippen LogP contribution in [-0.4, -0.2) is 62.9 Å². The van der Waals surface area contributed by atoms with E-state index in [1.54, 1.807) is 22.5 Å². The lowest BCUT2D eigenvalue weighted by Gasteiger charge is -2.10. The van der Waals surface area contributed by atoms with Crippen LogP contribution < -0.4 is 0 Å². The van der Waals surface area contributed by atoms with Crippen LogP contribution in [0.25, 0.3) is 11.3 Å². The van der Waals surface area contributed by atoms with Crippen molar-refractivity contribution in [2.24, 2.45) is 7.05 Å². The molecule has 0 aromatic carbocycles. The number of esters is 1. The fourth-order valence-corrected chi connectivity index (χ4v) is 1.93. The Morgan fingerprint density at radius 2 is 2.19 bits per heavy atom. The molecular formula is C13H20N6O2. The van der Waals surface area contributed by atoms with Crippen LogP contribution in [0.5, 0.6) is 0 Å². The lowest BCUT2D eigenvalue weighted by molar-refractivity contribution is 0.0520. The number of carbonyl (C=O) groups is 1. The molecule has 0 saturated carbocycles. The zero-order valence-corrected chi connectivity index (χ0v) is 12.8. The molecule has 0 saturated heterocycles. The predicted octanol–water partition coefficient (Wildman–Crippen LogP) is 0.417. The number of rotatable bonds is 6. The van der Waals surface area contributed by atoms with E-state index in [4.69, 9.17) is 4.74 Å². The third kappa shape index (κ3) is 3.46. The minimum absolute atomic E-state index is 0.226. The van der Waals surface area contributed by atoms with Crippen molar-refractivity contribution in [2.45, 2.75) is 13.5 Å². The summed E-state index contributed by atoms with van der Waals surface area (Å²) in [5, 5.41) is 12.2. The molecule has 8 heteroatoms. The van der Waals surface area contributed by atoms with Crippen molar-refractivity contribution < 1.29 is 9.53 Å². The summed E-state index contributed by atoms with van der Waals surface area (Å²) in [6.45, 7) is 3.48. The zero-order chi connectivity index (χ0) is 15.4. The van der Waals surface area contributed by atoms with Gasteiger partial charge in [0.05, 0.1) is 19.3 Å². The second kappa shape index (κ2) is 6.49. The molecule has 0 atom stereocenters. The summed E-state index contributed by atoms with van der Waals surface area (Å²) in [7, 11) is 5.78. The maximum absolute atomic E-state index is 12.0. The van der Waals surface area contributed by atoms with Crippen molar-refractivity contribution in [1.82, 2.24) is 29.7 Å². The summed E-state index contributed by atoms with van der Waals surface area (Å²) in [6.07, 6.45) is 3.52. The predicted molar refractivity (Wildman–Crippen MR) is 76.7 cm³/mol. The third-order valence-electron chi connectivity index (χ3n) is 2.94. The Bertz CT molecular complexity index is 616. The van der Waals surface area contributed by atoms with E-state index in [1.165, 1.54) is 0 Å². The molecular weight excluding hydrogens is 272 g/mol. The molecule has 0 radical (unpaired) electrons. The van der Waals surface area contributed by atoms with Crippen LogP contribution in [-0.2, 0) is 18.3 Å². The SMILES string of the molecule is CCOC(=O)c1nnn(CCN(C)C)c1-c1cnn(C)c1. The summed E-state index contributed by atoms with van der Waals surface area (Å²) < 4.78 is 8.43. The summed E-state index contributed by atoms with van der Waals surface area (Å²) in [5.41, 5.74) is 1.66. The number of aryl methyl sites for hydroxylation is 1. The number of hydrogen-bond acceptors (Lipinski definition) is 6. The standard InChI is InChI=1S/C13H20N6O2/c1-5-21-13(20)11-12(10-8-14-18(4)9-10)19(16-15-11)7-6-17(2)3/h8-9H,5-7H2,1-4H3. The molecule has 114 valence electrons. The summed E-state index contributed by atoms with van der Waals surface area (Å²) in [5.74, 6) is -0.465. The molecule has 0 N–H and O–H groups in total. The fourth-order valence-electron chi connectivity index (χ4n) is 1.93. The van der Waals surface area contributed by atoms with Gasteiger partial charge in [-0.15, -0.1) is 5.10 Å². The highest BCUT2D eigenvalue weighted by Crippen LogP contribution is 2.22. The molecule has 0 amide bonds. The van der Waals surface area contributed by atoms with Gasteiger partial charge in [0, 0.05) is 25.4 Å². The van der Waals surface area contributed by atoms with Crippen molar-refractivity contribution in [3.05, 3.63) is 18.1 Å². The Morgan fingerprint density at radius 1 is 1.43 bits per heavy atom. The number of carbonyl (C=O) groups excluding carboxylic acids is 1. The van der Waals surface area contributed by atoms with Crippen LogP contribution in [0.4, 0.5) is 0 Å². The van der Waals surface area contributed by atoms with Gasteiger partial charge in [-0.25, -0.2) is 9.48 Å². The van der Waals surface area contributed by atoms with E-state index in [9.17, 15) is 4.79 Å². The smallest absolute Gasteiger partial charge is 0.361 e. The van der Waals surface area contributed by atoms with E-state index in [0.717, 1.165) is 12.1 Å². The lowest BCUT2D eigenvalue weighted by Crippen LogP contribution is -2.19. The zero-order valence-electron chi connectivity index (χ0n) is 12.8. The molecule has 0 bridgehead atoms. The average molecular weight is 292 g/mol. The quantitative estimate of drug-likeness (QED) is 0.718. The average Bonchev–Trinajstić information content (AvgIpc) is 3.02. The molecule has 0 aliphatic rings. The van der Waals surface area contributed by atoms with Crippen LogP contribution in [0.3, 0.4) is 0 Å². The molecule has 8 nitrogen and oxygen atoms in total. The molecule has 0 unspecified atom stereocenters. The van der Waals surface area contributed by atoms with Crippen molar-refractivity contribution in [3.8, 4) is 11.3 Å². The van der Waals surface area contributed by atoms with E-state index in [1.807, 2.05) is 32.2 Å². The van der Waals surface area contributed by atoms with Gasteiger partial charge in [-0.05, 0) is 21.0 Å². The van der Waals surface area contributed by atoms with Crippen molar-refractivity contribution >= 4 is 5.97 Å². The van der Waals surface area contributed by atoms with E-state index in [0.29, 0.717) is 18.8 Å². The normalized spacial score (nSPS) is 11.1. The molecule has 2 aromatic heterocycles. The number of hydrogen-bond donors (Lipinski definition) is 0. The molecule has 2 rings (SSSR count). The molecule has 2 heterocycles. The van der Waals surface area contributed by atoms with E-state index < -0.39 is 5.97 Å². The number of aromatic nitrogens is 5. The largest absolute Gasteiger partial charge is 0.461 e. The number of ether oxygens (including phenoxy) is 1. The monoisotopic (exact) mass is 292 g/mol. The second-order valence-electron chi connectivity index (χ2n) is 4.94. The molecule has 21 heavy (non-hydrogen) atoms. The van der Waals surface area contributed by atoms with Gasteiger partial charge in [0.1, 0.15) is 5.69 Å². The minimum Gasteiger partial charge on any atom is -0.461 e. The topological polar surface area (TPSA) is 78.1 Å². The summed E-state index contributed by atoms with van der Waals surface area (Å²) in [6, 6.07) is 0. The Balaban J connectivity index is 2.40. The fraction of sp³-hybridized carbons (Fsp3) is 0.538. The Labute approximate surface area is 123 Å². The first-order valence-corrected chi connectivity index (χ1v) is 6.77. The summed E-state index contributed by atoms with van der Waals surface area (Å²) >= 11 is 0. The van der Waals surface area contributed by atoms with Crippen molar-refractivity contribution in [1.29, 1.82) is 0 Å². The second-order valence-corrected chi connectivity index (χ2v) is 4.94. The molecule has 0 aliphatic heterocycles. The van der Waals surface area contributed by atoms with E-state index in [-0.39, 0.29) is 5.69 Å². The van der Waals surface area contributed by atoms with Crippen LogP contribution in [0.15, 0.2) is 12.4 Å². The van der Waals surface area contributed by atoms with Crippen LogP contribution in [0.2, 0.25) is 0 Å². The van der Waals surface area contributed by atoms with E-state index >= 15 is 0 Å². The van der Waals surface area contributed by atoms with Gasteiger partial charge in [0.15, 0.2) is 5.69 Å². The highest BCUT2D eigenvalue weighted by molar-refractivity contribution is 5.93. The Kier molecular flexibility index (Phi) is 4.69. The minimum atomic E-state index is -0.465. The van der Waals surface area contributed by atoms with Gasteiger partial charge < -0.3 is 9.64 Å². The van der Waals surface area contributed by atoms with Gasteiger partial charge in [0.2, 0.25) is 0 Å². The Morgan fingerprint density at radius 3 is 2.76 bits per heavy atom. The highest BCUT2D eigenvalue weighted by atomic mass is 16.5. The maximum atomic E-state index is 12.0. The third-order valence-corrected chi connectivity index (χ3v) is 2.94. The van der Waals surface area contributed by atoms with Gasteiger partial charge in [-0.3, -0.25) is 4.68 Å². The molecule has 0 fully saturated rings. The lowest BCUT2D eigenvalue weighted by atomic mass is 10.2. The van der Waals surface area contributed by atoms with Gasteiger partial charge in [0.25, 0.3) is 0 Å². The van der Waals surface area contributed by atoms with Crippen LogP contribution in [0.1, 0.15) is 17.4 Å². The van der Waals surface area contributed by atoms with Crippen LogP contribution >= 0.6 is 0 Å². The van der Waals surface area contributed by atoms with Gasteiger partial charge in [-0.2, -0.15) is 5.10 Å². The number of nitrogens with zero attached hydrogens (tertiary/aromatic N) is 6.